The molecule has 2 heterocycles. The molecule has 6 heteroatoms. The summed E-state index contributed by atoms with van der Waals surface area (Å²) in [6.07, 6.45) is 0. The van der Waals surface area contributed by atoms with Crippen LogP contribution in [0, 0.1) is 25.2 Å². The van der Waals surface area contributed by atoms with Crippen molar-refractivity contribution in [1.82, 2.24) is 10.1 Å². The van der Waals surface area contributed by atoms with E-state index in [1.165, 1.54) is 18.7 Å². The summed E-state index contributed by atoms with van der Waals surface area (Å²) < 4.78 is 4.99. The number of pyridine rings is 1. The van der Waals surface area contributed by atoms with Crippen LogP contribution >= 0.6 is 11.8 Å². The summed E-state index contributed by atoms with van der Waals surface area (Å²) in [6, 6.07) is 5.52. The molecule has 0 saturated heterocycles. The van der Waals surface area contributed by atoms with E-state index in [0.29, 0.717) is 27.6 Å². The average molecular weight is 287 g/mol. The molecule has 0 atom stereocenters. The number of aryl methyl sites for hydroxylation is 2. The van der Waals surface area contributed by atoms with Gasteiger partial charge >= 0.3 is 0 Å². The lowest BCUT2D eigenvalue weighted by Gasteiger charge is -2.06. The molecule has 2 aromatic heterocycles. The molecule has 0 saturated carbocycles. The number of carbonyl (C=O) groups is 1. The molecule has 0 radical (unpaired) electrons. The number of hydrogen-bond donors (Lipinski definition) is 0. The Bertz CT molecular complexity index is 701. The van der Waals surface area contributed by atoms with Gasteiger partial charge in [0.25, 0.3) is 0 Å². The van der Waals surface area contributed by atoms with Crippen molar-refractivity contribution >= 4 is 17.5 Å². The molecule has 0 aromatic carbocycles. The van der Waals surface area contributed by atoms with E-state index >= 15 is 0 Å². The summed E-state index contributed by atoms with van der Waals surface area (Å²) in [7, 11) is 0. The van der Waals surface area contributed by atoms with Crippen LogP contribution in [0.2, 0.25) is 0 Å². The zero-order chi connectivity index (χ0) is 14.7. The molecule has 0 bridgehead atoms. The van der Waals surface area contributed by atoms with Gasteiger partial charge in [-0.25, -0.2) is 4.98 Å². The van der Waals surface area contributed by atoms with E-state index in [-0.39, 0.29) is 5.78 Å². The first kappa shape index (κ1) is 14.3. The Balaban J connectivity index is 2.25. The molecule has 0 aliphatic rings. The van der Waals surface area contributed by atoms with Crippen molar-refractivity contribution in [1.29, 1.82) is 5.26 Å². The van der Waals surface area contributed by atoms with Crippen molar-refractivity contribution in [2.45, 2.75) is 31.6 Å². The second-order valence-corrected chi connectivity index (χ2v) is 5.32. The molecule has 5 nitrogen and oxygen atoms in total. The second kappa shape index (κ2) is 5.88. The number of rotatable bonds is 4. The fourth-order valence-corrected chi connectivity index (χ4v) is 2.64. The van der Waals surface area contributed by atoms with Gasteiger partial charge in [0.2, 0.25) is 0 Å². The van der Waals surface area contributed by atoms with Gasteiger partial charge in [0.1, 0.15) is 16.9 Å². The highest BCUT2D eigenvalue weighted by Crippen LogP contribution is 2.26. The van der Waals surface area contributed by atoms with E-state index < -0.39 is 0 Å². The van der Waals surface area contributed by atoms with Crippen molar-refractivity contribution < 1.29 is 9.32 Å². The van der Waals surface area contributed by atoms with Crippen molar-refractivity contribution in [2.24, 2.45) is 0 Å². The topological polar surface area (TPSA) is 79.8 Å². The third-order valence-electron chi connectivity index (χ3n) is 2.71. The number of nitrogens with zero attached hydrogens (tertiary/aromatic N) is 3. The molecule has 0 aliphatic heterocycles. The first-order chi connectivity index (χ1) is 9.51. The van der Waals surface area contributed by atoms with Gasteiger partial charge in [0.05, 0.1) is 11.3 Å². The molecule has 20 heavy (non-hydrogen) atoms. The standard InChI is InChI=1S/C14H13N3O2S/c1-8-4-12(17-19-8)7-20-14-11(6-15)5-13(10(3)18)9(2)16-14/h4-5H,7H2,1-3H3. The van der Waals surface area contributed by atoms with Crippen molar-refractivity contribution in [3.8, 4) is 6.07 Å². The molecule has 2 aromatic rings. The zero-order valence-electron chi connectivity index (χ0n) is 11.4. The molecule has 0 aliphatic carbocycles. The minimum absolute atomic E-state index is 0.0878. The summed E-state index contributed by atoms with van der Waals surface area (Å²) >= 11 is 1.41. The van der Waals surface area contributed by atoms with Crippen molar-refractivity contribution in [2.75, 3.05) is 0 Å². The van der Waals surface area contributed by atoms with Crippen LogP contribution in [0.1, 0.15) is 40.0 Å². The number of aromatic nitrogens is 2. The monoisotopic (exact) mass is 287 g/mol. The lowest BCUT2D eigenvalue weighted by atomic mass is 10.1. The van der Waals surface area contributed by atoms with Gasteiger partial charge in [0, 0.05) is 23.1 Å². The number of hydrogen-bond acceptors (Lipinski definition) is 6. The Morgan fingerprint density at radius 3 is 2.75 bits per heavy atom. The summed E-state index contributed by atoms with van der Waals surface area (Å²) in [5, 5.41) is 13.7. The van der Waals surface area contributed by atoms with Crippen LogP contribution in [0.15, 0.2) is 21.7 Å². The Hall–Kier alpha value is -2.13. The van der Waals surface area contributed by atoms with Crippen molar-refractivity contribution in [3.63, 3.8) is 0 Å². The fraction of sp³-hybridized carbons (Fsp3) is 0.286. The fourth-order valence-electron chi connectivity index (χ4n) is 1.76. The van der Waals surface area contributed by atoms with Crippen LogP contribution < -0.4 is 0 Å². The zero-order valence-corrected chi connectivity index (χ0v) is 12.2. The molecule has 0 unspecified atom stereocenters. The largest absolute Gasteiger partial charge is 0.361 e. The molecule has 0 fully saturated rings. The Morgan fingerprint density at radius 2 is 2.20 bits per heavy atom. The summed E-state index contributed by atoms with van der Waals surface area (Å²) in [5.41, 5.74) is 2.33. The van der Waals surface area contributed by atoms with Gasteiger partial charge in [-0.05, 0) is 26.8 Å². The predicted molar refractivity (Wildman–Crippen MR) is 74.5 cm³/mol. The summed E-state index contributed by atoms with van der Waals surface area (Å²) in [4.78, 5) is 15.8. The SMILES string of the molecule is CC(=O)c1cc(C#N)c(SCc2cc(C)on2)nc1C. The van der Waals surface area contributed by atoms with E-state index in [9.17, 15) is 4.79 Å². The number of Topliss-reactive ketones (excluding diaryl/α,β-unsaturated/α-hetero) is 1. The molecular weight excluding hydrogens is 274 g/mol. The Labute approximate surface area is 121 Å². The van der Waals surface area contributed by atoms with Crippen LogP contribution in [0.5, 0.6) is 0 Å². The van der Waals surface area contributed by atoms with Crippen LogP contribution in [0.25, 0.3) is 0 Å². The quantitative estimate of drug-likeness (QED) is 0.635. The van der Waals surface area contributed by atoms with E-state index in [4.69, 9.17) is 9.78 Å². The lowest BCUT2D eigenvalue weighted by molar-refractivity contribution is 0.101. The predicted octanol–water partition coefficient (Wildman–Crippen LogP) is 3.05. The van der Waals surface area contributed by atoms with Crippen LogP contribution in [-0.2, 0) is 5.75 Å². The van der Waals surface area contributed by atoms with Gasteiger partial charge in [-0.15, -0.1) is 0 Å². The minimum Gasteiger partial charge on any atom is -0.361 e. The molecule has 102 valence electrons. The molecule has 0 spiro atoms. The number of nitriles is 1. The maximum Gasteiger partial charge on any atom is 0.161 e. The van der Waals surface area contributed by atoms with E-state index in [1.54, 1.807) is 13.0 Å². The number of thioether (sulfide) groups is 1. The Kier molecular flexibility index (Phi) is 4.20. The Morgan fingerprint density at radius 1 is 1.45 bits per heavy atom. The van der Waals surface area contributed by atoms with Gasteiger partial charge in [0.15, 0.2) is 5.78 Å². The highest BCUT2D eigenvalue weighted by Gasteiger charge is 2.13. The van der Waals surface area contributed by atoms with E-state index in [1.807, 2.05) is 13.0 Å². The van der Waals surface area contributed by atoms with Crippen LogP contribution in [0.3, 0.4) is 0 Å². The van der Waals surface area contributed by atoms with E-state index in [2.05, 4.69) is 16.2 Å². The number of ketones is 1. The summed E-state index contributed by atoms with van der Waals surface area (Å²) in [6.45, 7) is 5.06. The first-order valence-electron chi connectivity index (χ1n) is 5.99. The highest BCUT2D eigenvalue weighted by molar-refractivity contribution is 7.98. The smallest absolute Gasteiger partial charge is 0.161 e. The molecule has 2 rings (SSSR count). The average Bonchev–Trinajstić information content (AvgIpc) is 2.81. The molecule has 0 amide bonds. The number of carbonyl (C=O) groups excluding carboxylic acids is 1. The summed E-state index contributed by atoms with van der Waals surface area (Å²) in [5.74, 6) is 1.23. The van der Waals surface area contributed by atoms with E-state index in [0.717, 1.165) is 11.5 Å². The lowest BCUT2D eigenvalue weighted by Crippen LogP contribution is -2.02. The van der Waals surface area contributed by atoms with Gasteiger partial charge in [-0.1, -0.05) is 16.9 Å². The third kappa shape index (κ3) is 3.06. The second-order valence-electron chi connectivity index (χ2n) is 4.36. The van der Waals surface area contributed by atoms with Gasteiger partial charge in [-0.3, -0.25) is 4.79 Å². The molecule has 0 N–H and O–H groups in total. The minimum atomic E-state index is -0.0878. The maximum absolute atomic E-state index is 11.4. The first-order valence-corrected chi connectivity index (χ1v) is 6.97. The maximum atomic E-state index is 11.4. The van der Waals surface area contributed by atoms with Crippen molar-refractivity contribution in [3.05, 3.63) is 40.4 Å². The molecular formula is C14H13N3O2S. The van der Waals surface area contributed by atoms with Crippen LogP contribution in [0.4, 0.5) is 0 Å². The normalized spacial score (nSPS) is 10.3. The third-order valence-corrected chi connectivity index (χ3v) is 3.74. The highest BCUT2D eigenvalue weighted by atomic mass is 32.2. The van der Waals surface area contributed by atoms with Gasteiger partial charge in [-0.2, -0.15) is 5.26 Å². The van der Waals surface area contributed by atoms with Crippen LogP contribution in [-0.4, -0.2) is 15.9 Å². The van der Waals surface area contributed by atoms with Gasteiger partial charge < -0.3 is 4.52 Å².